The fourth-order valence-corrected chi connectivity index (χ4v) is 0.832. The highest BCUT2D eigenvalue weighted by Crippen LogP contribution is 2.25. The van der Waals surface area contributed by atoms with Crippen LogP contribution in [0.2, 0.25) is 0 Å². The molecule has 0 fully saturated rings. The number of hydrogen-bond acceptors (Lipinski definition) is 4. The maximum Gasteiger partial charge on any atom is 0.427 e. The van der Waals surface area contributed by atoms with Crippen LogP contribution in [0.4, 0.5) is 4.79 Å². The molecule has 5 heteroatoms. The van der Waals surface area contributed by atoms with Gasteiger partial charge in [0, 0.05) is 0 Å². The predicted molar refractivity (Wildman–Crippen MR) is 46.3 cm³/mol. The van der Waals surface area contributed by atoms with E-state index in [1.54, 1.807) is 24.3 Å². The molecule has 0 atom stereocenters. The largest absolute Gasteiger partial charge is 0.493 e. The molecule has 0 aliphatic heterocycles. The van der Waals surface area contributed by atoms with Crippen LogP contribution in [0.3, 0.4) is 0 Å². The minimum Gasteiger partial charge on any atom is -0.493 e. The summed E-state index contributed by atoms with van der Waals surface area (Å²) >= 11 is 0. The maximum absolute atomic E-state index is 10.7. The molecule has 3 N–H and O–H groups in total. The van der Waals surface area contributed by atoms with Crippen LogP contribution in [0.5, 0.6) is 11.5 Å². The summed E-state index contributed by atoms with van der Waals surface area (Å²) in [5, 5.41) is 0. The van der Waals surface area contributed by atoms with E-state index in [0.717, 1.165) is 0 Å². The number of para-hydroxylation sites is 2. The second-order valence-corrected chi connectivity index (χ2v) is 2.18. The molecule has 0 aromatic heterocycles. The molecule has 1 aromatic rings. The first-order chi connectivity index (χ1) is 6.27. The average Bonchev–Trinajstić information content (AvgIpc) is 2.18. The Labute approximate surface area is 75.4 Å². The van der Waals surface area contributed by atoms with Crippen molar-refractivity contribution >= 4 is 6.09 Å². The molecular weight excluding hydrogens is 172 g/mol. The summed E-state index contributed by atoms with van der Waals surface area (Å²) in [6, 6.07) is 6.78. The van der Waals surface area contributed by atoms with Gasteiger partial charge in [-0.1, -0.05) is 12.1 Å². The summed E-state index contributed by atoms with van der Waals surface area (Å²) < 4.78 is 9.73. The van der Waals surface area contributed by atoms with Gasteiger partial charge in [-0.2, -0.15) is 0 Å². The number of amides is 1. The third kappa shape index (κ3) is 2.34. The fourth-order valence-electron chi connectivity index (χ4n) is 0.832. The van der Waals surface area contributed by atoms with E-state index in [-0.39, 0.29) is 0 Å². The first kappa shape index (κ1) is 9.34. The minimum atomic E-state index is -0.732. The number of carbonyl (C=O) groups is 1. The molecule has 0 aliphatic rings. The molecule has 70 valence electrons. The third-order valence-electron chi connectivity index (χ3n) is 1.39. The van der Waals surface area contributed by atoms with Crippen LogP contribution >= 0.6 is 0 Å². The van der Waals surface area contributed by atoms with Gasteiger partial charge in [-0.25, -0.2) is 10.6 Å². The predicted octanol–water partition coefficient (Wildman–Crippen LogP) is 0.657. The van der Waals surface area contributed by atoms with E-state index in [4.69, 9.17) is 15.3 Å². The monoisotopic (exact) mass is 182 g/mol. The number of rotatable bonds is 2. The van der Waals surface area contributed by atoms with Gasteiger partial charge in [0.2, 0.25) is 0 Å². The molecule has 1 rings (SSSR count). The zero-order valence-corrected chi connectivity index (χ0v) is 7.11. The Balaban J connectivity index is 2.81. The number of nitrogens with two attached hydrogens (primary N) is 1. The van der Waals surface area contributed by atoms with Crippen molar-refractivity contribution in [2.45, 2.75) is 0 Å². The Morgan fingerprint density at radius 2 is 2.00 bits per heavy atom. The highest BCUT2D eigenvalue weighted by molar-refractivity contribution is 5.70. The van der Waals surface area contributed by atoms with E-state index in [2.05, 4.69) is 0 Å². The third-order valence-corrected chi connectivity index (χ3v) is 1.39. The molecule has 13 heavy (non-hydrogen) atoms. The van der Waals surface area contributed by atoms with Crippen molar-refractivity contribution in [3.8, 4) is 11.5 Å². The van der Waals surface area contributed by atoms with Gasteiger partial charge in [-0.05, 0) is 12.1 Å². The normalized spacial score (nSPS) is 9.08. The van der Waals surface area contributed by atoms with Crippen molar-refractivity contribution in [3.63, 3.8) is 0 Å². The van der Waals surface area contributed by atoms with Crippen molar-refractivity contribution in [1.29, 1.82) is 0 Å². The van der Waals surface area contributed by atoms with Gasteiger partial charge in [0.1, 0.15) is 0 Å². The first-order valence-electron chi connectivity index (χ1n) is 3.59. The number of benzene rings is 1. The quantitative estimate of drug-likeness (QED) is 0.400. The number of hydrazine groups is 1. The van der Waals surface area contributed by atoms with Gasteiger partial charge in [0.05, 0.1) is 7.11 Å². The molecule has 1 amide bonds. The van der Waals surface area contributed by atoms with Gasteiger partial charge in [-0.3, -0.25) is 5.43 Å². The molecule has 0 heterocycles. The van der Waals surface area contributed by atoms with Gasteiger partial charge in [0.15, 0.2) is 11.5 Å². The van der Waals surface area contributed by atoms with Gasteiger partial charge < -0.3 is 9.47 Å². The second-order valence-electron chi connectivity index (χ2n) is 2.18. The molecule has 0 spiro atoms. The number of nitrogens with one attached hydrogen (secondary N) is 1. The van der Waals surface area contributed by atoms with Crippen LogP contribution in [0, 0.1) is 0 Å². The van der Waals surface area contributed by atoms with Gasteiger partial charge >= 0.3 is 6.09 Å². The molecule has 5 nitrogen and oxygen atoms in total. The Bertz CT molecular complexity index is 301. The Morgan fingerprint density at radius 1 is 1.38 bits per heavy atom. The van der Waals surface area contributed by atoms with Crippen molar-refractivity contribution < 1.29 is 14.3 Å². The van der Waals surface area contributed by atoms with Crippen LogP contribution in [0.1, 0.15) is 0 Å². The fraction of sp³-hybridized carbons (Fsp3) is 0.125. The molecule has 0 saturated heterocycles. The first-order valence-corrected chi connectivity index (χ1v) is 3.59. The smallest absolute Gasteiger partial charge is 0.427 e. The summed E-state index contributed by atoms with van der Waals surface area (Å²) in [5.41, 5.74) is 1.85. The number of methoxy groups -OCH3 is 1. The highest BCUT2D eigenvalue weighted by Gasteiger charge is 2.06. The average molecular weight is 182 g/mol. The summed E-state index contributed by atoms with van der Waals surface area (Å²) in [7, 11) is 1.49. The van der Waals surface area contributed by atoms with Crippen LogP contribution in [0.25, 0.3) is 0 Å². The second kappa shape index (κ2) is 4.32. The zero-order valence-electron chi connectivity index (χ0n) is 7.11. The van der Waals surface area contributed by atoms with E-state index in [9.17, 15) is 4.79 Å². The minimum absolute atomic E-state index is 0.327. The van der Waals surface area contributed by atoms with Crippen molar-refractivity contribution in [3.05, 3.63) is 24.3 Å². The SMILES string of the molecule is COc1ccccc1OC(=O)NN. The molecule has 0 unspecified atom stereocenters. The van der Waals surface area contributed by atoms with E-state index in [0.29, 0.717) is 11.5 Å². The highest BCUT2D eigenvalue weighted by atomic mass is 16.6. The van der Waals surface area contributed by atoms with Gasteiger partial charge in [0.25, 0.3) is 0 Å². The van der Waals surface area contributed by atoms with Crippen molar-refractivity contribution in [2.24, 2.45) is 5.84 Å². The lowest BCUT2D eigenvalue weighted by Crippen LogP contribution is -2.32. The number of carbonyl (C=O) groups excluding carboxylic acids is 1. The molecule has 0 bridgehead atoms. The van der Waals surface area contributed by atoms with Crippen LogP contribution in [-0.4, -0.2) is 13.2 Å². The van der Waals surface area contributed by atoms with Crippen molar-refractivity contribution in [1.82, 2.24) is 5.43 Å². The lowest BCUT2D eigenvalue weighted by molar-refractivity contribution is 0.198. The van der Waals surface area contributed by atoms with Crippen LogP contribution in [-0.2, 0) is 0 Å². The molecule has 0 radical (unpaired) electrons. The van der Waals surface area contributed by atoms with E-state index in [1.165, 1.54) is 7.11 Å². The van der Waals surface area contributed by atoms with E-state index in [1.807, 2.05) is 5.43 Å². The summed E-state index contributed by atoms with van der Waals surface area (Å²) in [6.07, 6.45) is -0.732. The van der Waals surface area contributed by atoms with Crippen molar-refractivity contribution in [2.75, 3.05) is 7.11 Å². The molecular formula is C8H10N2O3. The van der Waals surface area contributed by atoms with Gasteiger partial charge in [-0.15, -0.1) is 0 Å². The Kier molecular flexibility index (Phi) is 3.10. The van der Waals surface area contributed by atoms with Crippen LogP contribution in [0.15, 0.2) is 24.3 Å². The molecule has 0 saturated carbocycles. The van der Waals surface area contributed by atoms with Crippen LogP contribution < -0.4 is 20.7 Å². The summed E-state index contributed by atoms with van der Waals surface area (Å²) in [6.45, 7) is 0. The number of ether oxygens (including phenoxy) is 2. The Hall–Kier alpha value is -1.75. The summed E-state index contributed by atoms with van der Waals surface area (Å²) in [5.74, 6) is 5.65. The maximum atomic E-state index is 10.7. The lowest BCUT2D eigenvalue weighted by Gasteiger charge is -2.07. The summed E-state index contributed by atoms with van der Waals surface area (Å²) in [4.78, 5) is 10.7. The number of hydrogen-bond donors (Lipinski definition) is 2. The lowest BCUT2D eigenvalue weighted by atomic mass is 10.3. The zero-order chi connectivity index (χ0) is 9.68. The molecule has 0 aliphatic carbocycles. The molecule has 1 aromatic carbocycles. The Morgan fingerprint density at radius 3 is 2.54 bits per heavy atom. The van der Waals surface area contributed by atoms with E-state index >= 15 is 0 Å². The topological polar surface area (TPSA) is 73.6 Å². The van der Waals surface area contributed by atoms with E-state index < -0.39 is 6.09 Å². The standard InChI is InChI=1S/C8H10N2O3/c1-12-6-4-2-3-5-7(6)13-8(11)10-9/h2-5H,9H2,1H3,(H,10,11).